The zero-order chi connectivity index (χ0) is 21.1. The molecule has 0 amide bonds. The largest absolute Gasteiger partial charge is 0.508 e. The van der Waals surface area contributed by atoms with E-state index >= 15 is 0 Å². The van der Waals surface area contributed by atoms with Gasteiger partial charge in [0.2, 0.25) is 0 Å². The molecule has 3 aromatic carbocycles. The molecule has 0 fully saturated rings. The number of phenolic OH excluding ortho intramolecular Hbond substituents is 1. The fourth-order valence-corrected chi connectivity index (χ4v) is 3.15. The lowest BCUT2D eigenvalue weighted by atomic mass is 10.1. The van der Waals surface area contributed by atoms with Gasteiger partial charge in [-0.1, -0.05) is 41.9 Å². The van der Waals surface area contributed by atoms with Crippen molar-refractivity contribution in [2.24, 2.45) is 0 Å². The van der Waals surface area contributed by atoms with E-state index in [-0.39, 0.29) is 17.2 Å². The number of hydrogen-bond acceptors (Lipinski definition) is 3. The van der Waals surface area contributed by atoms with Gasteiger partial charge in [-0.05, 0) is 65.7 Å². The van der Waals surface area contributed by atoms with Gasteiger partial charge in [-0.15, -0.1) is 0 Å². The third-order valence-corrected chi connectivity index (χ3v) is 4.85. The number of carbonyl (C=O) groups excluding carboxylic acids is 1. The van der Waals surface area contributed by atoms with Crippen LogP contribution in [0.3, 0.4) is 0 Å². The lowest BCUT2D eigenvalue weighted by molar-refractivity contribution is 0.104. The molecule has 0 saturated carbocycles. The average molecular weight is 417 g/mol. The Balaban J connectivity index is 1.60. The number of hydrogen-bond donors (Lipinski definition) is 2. The van der Waals surface area contributed by atoms with Crippen molar-refractivity contribution in [1.29, 1.82) is 0 Å². The van der Waals surface area contributed by atoms with Gasteiger partial charge in [0.05, 0.1) is 11.4 Å². The molecule has 0 aliphatic heterocycles. The lowest BCUT2D eigenvalue weighted by Crippen LogP contribution is -2.14. The second kappa shape index (κ2) is 8.27. The normalized spacial score (nSPS) is 11.1. The van der Waals surface area contributed by atoms with E-state index in [0.29, 0.717) is 22.0 Å². The zero-order valence-electron chi connectivity index (χ0n) is 15.7. The quantitative estimate of drug-likeness (QED) is 0.351. The number of nitrogens with zero attached hydrogens (tertiary/aromatic N) is 1. The third kappa shape index (κ3) is 4.26. The molecule has 0 aliphatic carbocycles. The van der Waals surface area contributed by atoms with Crippen LogP contribution in [0.2, 0.25) is 5.02 Å². The van der Waals surface area contributed by atoms with E-state index in [1.807, 2.05) is 12.1 Å². The number of ketones is 1. The van der Waals surface area contributed by atoms with E-state index in [4.69, 9.17) is 11.6 Å². The summed E-state index contributed by atoms with van der Waals surface area (Å²) in [5.41, 5.74) is 2.97. The molecular weight excluding hydrogens is 400 g/mol. The molecule has 0 radical (unpaired) electrons. The minimum atomic E-state index is -0.320. The Hall–Kier alpha value is -3.83. The molecule has 0 bridgehead atoms. The van der Waals surface area contributed by atoms with Crippen LogP contribution in [0.25, 0.3) is 23.0 Å². The Kier molecular flexibility index (Phi) is 5.37. The van der Waals surface area contributed by atoms with Gasteiger partial charge in [-0.3, -0.25) is 9.36 Å². The summed E-state index contributed by atoms with van der Waals surface area (Å²) in [7, 11) is 0. The van der Waals surface area contributed by atoms with E-state index in [1.165, 1.54) is 10.6 Å². The first-order valence-electron chi connectivity index (χ1n) is 9.19. The predicted octanol–water partition coefficient (Wildman–Crippen LogP) is 5.09. The van der Waals surface area contributed by atoms with Crippen molar-refractivity contribution in [1.82, 2.24) is 9.55 Å². The number of halogens is 1. The standard InChI is InChI=1S/C24H17ClN2O3/c25-19-9-4-16(5-10-19)6-13-23(29)18-2-1-3-20(14-18)27-15-22(26-24(27)30)17-7-11-21(28)12-8-17/h1-15,28H,(H,26,30)/b13-6+. The number of phenols is 1. The number of benzene rings is 3. The Morgan fingerprint density at radius 3 is 2.47 bits per heavy atom. The monoisotopic (exact) mass is 416 g/mol. The van der Waals surface area contributed by atoms with Crippen molar-refractivity contribution in [3.05, 3.63) is 112 Å². The Labute approximate surface area is 177 Å². The highest BCUT2D eigenvalue weighted by molar-refractivity contribution is 6.30. The molecule has 2 N–H and O–H groups in total. The summed E-state index contributed by atoms with van der Waals surface area (Å²) in [4.78, 5) is 27.8. The first-order valence-corrected chi connectivity index (χ1v) is 9.57. The van der Waals surface area contributed by atoms with Crippen molar-refractivity contribution in [2.75, 3.05) is 0 Å². The molecule has 0 saturated heterocycles. The second-order valence-electron chi connectivity index (χ2n) is 6.69. The molecule has 6 heteroatoms. The van der Waals surface area contributed by atoms with Gasteiger partial charge in [-0.2, -0.15) is 0 Å². The second-order valence-corrected chi connectivity index (χ2v) is 7.13. The van der Waals surface area contributed by atoms with Crippen LogP contribution in [-0.4, -0.2) is 20.4 Å². The molecule has 4 aromatic rings. The Morgan fingerprint density at radius 2 is 1.73 bits per heavy atom. The maximum Gasteiger partial charge on any atom is 0.330 e. The number of aromatic nitrogens is 2. The summed E-state index contributed by atoms with van der Waals surface area (Å²) in [5.74, 6) is -0.0208. The van der Waals surface area contributed by atoms with Crippen LogP contribution < -0.4 is 5.69 Å². The van der Waals surface area contributed by atoms with Crippen LogP contribution in [0, 0.1) is 0 Å². The first-order chi connectivity index (χ1) is 14.5. The smallest absolute Gasteiger partial charge is 0.330 e. The van der Waals surface area contributed by atoms with Crippen LogP contribution in [-0.2, 0) is 0 Å². The summed E-state index contributed by atoms with van der Waals surface area (Å²) < 4.78 is 1.45. The van der Waals surface area contributed by atoms with Crippen LogP contribution in [0.5, 0.6) is 5.75 Å². The average Bonchev–Trinajstić information content (AvgIpc) is 3.15. The number of imidazole rings is 1. The molecule has 1 heterocycles. The minimum absolute atomic E-state index is 0.151. The highest BCUT2D eigenvalue weighted by Crippen LogP contribution is 2.20. The molecule has 148 valence electrons. The predicted molar refractivity (Wildman–Crippen MR) is 118 cm³/mol. The van der Waals surface area contributed by atoms with Crippen molar-refractivity contribution in [3.8, 4) is 22.7 Å². The van der Waals surface area contributed by atoms with E-state index in [2.05, 4.69) is 4.98 Å². The fourth-order valence-electron chi connectivity index (χ4n) is 3.03. The third-order valence-electron chi connectivity index (χ3n) is 4.60. The molecule has 4 rings (SSSR count). The highest BCUT2D eigenvalue weighted by atomic mass is 35.5. The number of aromatic hydroxyl groups is 1. The summed E-state index contributed by atoms with van der Waals surface area (Å²) in [6, 6.07) is 20.6. The molecular formula is C24H17ClN2O3. The lowest BCUT2D eigenvalue weighted by Gasteiger charge is -2.03. The summed E-state index contributed by atoms with van der Waals surface area (Å²) >= 11 is 5.87. The van der Waals surface area contributed by atoms with E-state index in [1.54, 1.807) is 72.9 Å². The number of rotatable bonds is 5. The van der Waals surface area contributed by atoms with Gasteiger partial charge in [-0.25, -0.2) is 4.79 Å². The first kappa shape index (κ1) is 19.5. The molecule has 0 spiro atoms. The summed E-state index contributed by atoms with van der Waals surface area (Å²) in [6.45, 7) is 0. The minimum Gasteiger partial charge on any atom is -0.508 e. The van der Waals surface area contributed by atoms with Gasteiger partial charge in [0.15, 0.2) is 5.78 Å². The van der Waals surface area contributed by atoms with Crippen molar-refractivity contribution < 1.29 is 9.90 Å². The van der Waals surface area contributed by atoms with E-state index < -0.39 is 0 Å². The number of nitrogens with one attached hydrogen (secondary N) is 1. The fraction of sp³-hybridized carbons (Fsp3) is 0. The summed E-state index contributed by atoms with van der Waals surface area (Å²) in [6.07, 6.45) is 4.88. The van der Waals surface area contributed by atoms with Crippen LogP contribution in [0.1, 0.15) is 15.9 Å². The zero-order valence-corrected chi connectivity index (χ0v) is 16.5. The molecule has 1 aromatic heterocycles. The number of H-pyrrole nitrogens is 1. The molecule has 0 aliphatic rings. The van der Waals surface area contributed by atoms with Crippen LogP contribution in [0.15, 0.2) is 89.9 Å². The van der Waals surface area contributed by atoms with Gasteiger partial charge < -0.3 is 10.1 Å². The topological polar surface area (TPSA) is 75.1 Å². The maximum atomic E-state index is 12.6. The van der Waals surface area contributed by atoms with Crippen LogP contribution in [0.4, 0.5) is 0 Å². The van der Waals surface area contributed by atoms with E-state index in [9.17, 15) is 14.7 Å². The molecule has 5 nitrogen and oxygen atoms in total. The molecule has 0 unspecified atom stereocenters. The van der Waals surface area contributed by atoms with Crippen molar-refractivity contribution >= 4 is 23.5 Å². The Bertz CT molecular complexity index is 1280. The van der Waals surface area contributed by atoms with Crippen LogP contribution >= 0.6 is 11.6 Å². The highest BCUT2D eigenvalue weighted by Gasteiger charge is 2.09. The Morgan fingerprint density at radius 1 is 1.00 bits per heavy atom. The van der Waals surface area contributed by atoms with Gasteiger partial charge >= 0.3 is 5.69 Å². The molecule has 0 atom stereocenters. The van der Waals surface area contributed by atoms with Gasteiger partial charge in [0.1, 0.15) is 5.75 Å². The number of carbonyl (C=O) groups is 1. The van der Waals surface area contributed by atoms with E-state index in [0.717, 1.165) is 11.1 Å². The molecule has 30 heavy (non-hydrogen) atoms. The summed E-state index contributed by atoms with van der Waals surface area (Å²) in [5, 5.41) is 10.1. The maximum absolute atomic E-state index is 12.6. The van der Waals surface area contributed by atoms with Gasteiger partial charge in [0, 0.05) is 16.8 Å². The van der Waals surface area contributed by atoms with Gasteiger partial charge in [0.25, 0.3) is 0 Å². The van der Waals surface area contributed by atoms with Crippen molar-refractivity contribution in [2.45, 2.75) is 0 Å². The number of allylic oxidation sites excluding steroid dienone is 1. The SMILES string of the molecule is O=C(/C=C/c1ccc(Cl)cc1)c1cccc(-n2cc(-c3ccc(O)cc3)[nH]c2=O)c1. The van der Waals surface area contributed by atoms with Crippen molar-refractivity contribution in [3.63, 3.8) is 0 Å². The number of aromatic amines is 1.